The molecular weight excluding hydrogens is 242 g/mol. The van der Waals surface area contributed by atoms with Crippen molar-refractivity contribution in [3.8, 4) is 0 Å². The van der Waals surface area contributed by atoms with Crippen LogP contribution in [0.5, 0.6) is 0 Å². The highest BCUT2D eigenvalue weighted by Gasteiger charge is 2.10. The quantitative estimate of drug-likeness (QED) is 0.890. The van der Waals surface area contributed by atoms with Gasteiger partial charge in [-0.15, -0.1) is 11.3 Å². The summed E-state index contributed by atoms with van der Waals surface area (Å²) in [5.41, 5.74) is 3.28. The molecule has 96 valence electrons. The number of aliphatic hydroxyl groups excluding tert-OH is 1. The molecule has 1 N–H and O–H groups in total. The van der Waals surface area contributed by atoms with Gasteiger partial charge in [0.2, 0.25) is 0 Å². The normalized spacial score (nSPS) is 12.6. The average Bonchev–Trinajstić information content (AvgIpc) is 2.76. The highest BCUT2D eigenvalue weighted by atomic mass is 32.1. The van der Waals surface area contributed by atoms with Gasteiger partial charge in [0.05, 0.1) is 16.8 Å². The van der Waals surface area contributed by atoms with Gasteiger partial charge in [0.25, 0.3) is 0 Å². The summed E-state index contributed by atoms with van der Waals surface area (Å²) in [7, 11) is 0. The van der Waals surface area contributed by atoms with E-state index in [0.717, 1.165) is 29.1 Å². The third-order valence-corrected chi connectivity index (χ3v) is 3.79. The number of aromatic nitrogens is 1. The lowest BCUT2D eigenvalue weighted by atomic mass is 10.0. The molecule has 0 aliphatic carbocycles. The summed E-state index contributed by atoms with van der Waals surface area (Å²) in [5.74, 6) is 0. The van der Waals surface area contributed by atoms with Crippen molar-refractivity contribution in [3.63, 3.8) is 0 Å². The summed E-state index contributed by atoms with van der Waals surface area (Å²) in [6, 6.07) is 8.26. The van der Waals surface area contributed by atoms with E-state index in [1.807, 2.05) is 24.4 Å². The second-order valence-electron chi connectivity index (χ2n) is 4.57. The van der Waals surface area contributed by atoms with E-state index in [1.54, 1.807) is 11.3 Å². The van der Waals surface area contributed by atoms with E-state index in [-0.39, 0.29) is 0 Å². The Morgan fingerprint density at radius 3 is 2.56 bits per heavy atom. The number of nitrogens with zero attached hydrogens (tertiary/aromatic N) is 1. The monoisotopic (exact) mass is 261 g/mol. The van der Waals surface area contributed by atoms with Crippen LogP contribution in [0.15, 0.2) is 29.6 Å². The minimum Gasteiger partial charge on any atom is -0.388 e. The summed E-state index contributed by atoms with van der Waals surface area (Å²) in [4.78, 5) is 4.38. The Morgan fingerprint density at radius 2 is 2.00 bits per heavy atom. The van der Waals surface area contributed by atoms with Crippen molar-refractivity contribution in [3.05, 3.63) is 51.5 Å². The first-order chi connectivity index (χ1) is 8.69. The average molecular weight is 261 g/mol. The zero-order chi connectivity index (χ0) is 13.0. The molecule has 0 aliphatic heterocycles. The SMILES string of the molecule is CCCc1ccc(C(O)Cc2csc(C)n2)cc1. The fourth-order valence-corrected chi connectivity index (χ4v) is 2.64. The standard InChI is InChI=1S/C15H19NOS/c1-3-4-12-5-7-13(8-6-12)15(17)9-14-10-18-11(2)16-14/h5-8,10,15,17H,3-4,9H2,1-2H3. The molecule has 0 aliphatic rings. The zero-order valence-electron chi connectivity index (χ0n) is 10.9. The molecule has 1 heterocycles. The van der Waals surface area contributed by atoms with E-state index in [4.69, 9.17) is 0 Å². The van der Waals surface area contributed by atoms with Crippen molar-refractivity contribution in [2.75, 3.05) is 0 Å². The molecule has 3 heteroatoms. The van der Waals surface area contributed by atoms with Gasteiger partial charge in [0.1, 0.15) is 0 Å². The first-order valence-corrected chi connectivity index (χ1v) is 7.25. The van der Waals surface area contributed by atoms with Gasteiger partial charge in [0, 0.05) is 11.8 Å². The Kier molecular flexibility index (Phi) is 4.50. The van der Waals surface area contributed by atoms with Crippen LogP contribution in [-0.4, -0.2) is 10.1 Å². The van der Waals surface area contributed by atoms with Crippen LogP contribution in [0.25, 0.3) is 0 Å². The lowest BCUT2D eigenvalue weighted by Gasteiger charge is -2.10. The van der Waals surface area contributed by atoms with Gasteiger partial charge in [-0.2, -0.15) is 0 Å². The molecule has 0 saturated carbocycles. The van der Waals surface area contributed by atoms with Crippen LogP contribution in [0.3, 0.4) is 0 Å². The van der Waals surface area contributed by atoms with Gasteiger partial charge >= 0.3 is 0 Å². The molecule has 1 aromatic carbocycles. The Bertz CT molecular complexity index is 489. The lowest BCUT2D eigenvalue weighted by Crippen LogP contribution is -2.02. The van der Waals surface area contributed by atoms with E-state index in [0.29, 0.717) is 6.42 Å². The number of aryl methyl sites for hydroxylation is 2. The second kappa shape index (κ2) is 6.12. The van der Waals surface area contributed by atoms with Crippen molar-refractivity contribution in [1.29, 1.82) is 0 Å². The third kappa shape index (κ3) is 3.40. The van der Waals surface area contributed by atoms with Crippen molar-refractivity contribution in [2.45, 2.75) is 39.2 Å². The predicted molar refractivity (Wildman–Crippen MR) is 76.0 cm³/mol. The highest BCUT2D eigenvalue weighted by molar-refractivity contribution is 7.09. The molecule has 2 aromatic rings. The largest absolute Gasteiger partial charge is 0.388 e. The van der Waals surface area contributed by atoms with E-state index in [9.17, 15) is 5.11 Å². The van der Waals surface area contributed by atoms with Gasteiger partial charge in [-0.3, -0.25) is 0 Å². The number of aliphatic hydroxyl groups is 1. The zero-order valence-corrected chi connectivity index (χ0v) is 11.7. The van der Waals surface area contributed by atoms with Crippen LogP contribution in [0.2, 0.25) is 0 Å². The van der Waals surface area contributed by atoms with Crippen molar-refractivity contribution >= 4 is 11.3 Å². The molecule has 0 fully saturated rings. The van der Waals surface area contributed by atoms with Gasteiger partial charge in [-0.1, -0.05) is 37.6 Å². The second-order valence-corrected chi connectivity index (χ2v) is 5.63. The number of benzene rings is 1. The topological polar surface area (TPSA) is 33.1 Å². The minimum absolute atomic E-state index is 0.456. The third-order valence-electron chi connectivity index (χ3n) is 2.97. The molecule has 0 spiro atoms. The Labute approximate surface area is 112 Å². The maximum atomic E-state index is 10.2. The predicted octanol–water partition coefficient (Wildman–Crippen LogP) is 3.68. The fourth-order valence-electron chi connectivity index (χ4n) is 2.01. The number of thiazole rings is 1. The molecule has 18 heavy (non-hydrogen) atoms. The van der Waals surface area contributed by atoms with Crippen molar-refractivity contribution < 1.29 is 5.11 Å². The van der Waals surface area contributed by atoms with Gasteiger partial charge in [-0.25, -0.2) is 4.98 Å². The summed E-state index contributed by atoms with van der Waals surface area (Å²) in [6.07, 6.45) is 2.39. The maximum absolute atomic E-state index is 10.2. The van der Waals surface area contributed by atoms with Crippen LogP contribution in [0.1, 0.15) is 41.3 Å². The summed E-state index contributed by atoms with van der Waals surface area (Å²) in [6.45, 7) is 4.16. The van der Waals surface area contributed by atoms with Gasteiger partial charge in [0.15, 0.2) is 0 Å². The summed E-state index contributed by atoms with van der Waals surface area (Å²) in [5, 5.41) is 13.2. The van der Waals surface area contributed by atoms with Gasteiger partial charge in [-0.05, 0) is 24.5 Å². The van der Waals surface area contributed by atoms with Gasteiger partial charge < -0.3 is 5.11 Å². The minimum atomic E-state index is -0.456. The Hall–Kier alpha value is -1.19. The molecule has 0 radical (unpaired) electrons. The van der Waals surface area contributed by atoms with Crippen LogP contribution in [-0.2, 0) is 12.8 Å². The maximum Gasteiger partial charge on any atom is 0.0897 e. The first-order valence-electron chi connectivity index (χ1n) is 6.37. The van der Waals surface area contributed by atoms with Crippen molar-refractivity contribution in [2.24, 2.45) is 0 Å². The smallest absolute Gasteiger partial charge is 0.0897 e. The van der Waals surface area contributed by atoms with E-state index >= 15 is 0 Å². The Balaban J connectivity index is 2.02. The number of hydrogen-bond donors (Lipinski definition) is 1. The van der Waals surface area contributed by atoms with E-state index < -0.39 is 6.10 Å². The van der Waals surface area contributed by atoms with Crippen LogP contribution >= 0.6 is 11.3 Å². The molecule has 0 saturated heterocycles. The fraction of sp³-hybridized carbons (Fsp3) is 0.400. The lowest BCUT2D eigenvalue weighted by molar-refractivity contribution is 0.177. The molecule has 2 nitrogen and oxygen atoms in total. The summed E-state index contributed by atoms with van der Waals surface area (Å²) < 4.78 is 0. The van der Waals surface area contributed by atoms with Crippen molar-refractivity contribution in [1.82, 2.24) is 4.98 Å². The summed E-state index contributed by atoms with van der Waals surface area (Å²) >= 11 is 1.63. The molecule has 2 rings (SSSR count). The molecule has 0 amide bonds. The molecule has 1 atom stereocenters. The van der Waals surface area contributed by atoms with E-state index in [2.05, 4.69) is 24.0 Å². The van der Waals surface area contributed by atoms with Crippen LogP contribution < -0.4 is 0 Å². The molecule has 1 aromatic heterocycles. The van der Waals surface area contributed by atoms with Crippen LogP contribution in [0, 0.1) is 6.92 Å². The van der Waals surface area contributed by atoms with E-state index in [1.165, 1.54) is 5.56 Å². The first kappa shape index (κ1) is 13.2. The Morgan fingerprint density at radius 1 is 1.28 bits per heavy atom. The highest BCUT2D eigenvalue weighted by Crippen LogP contribution is 2.20. The number of rotatable bonds is 5. The molecule has 0 bridgehead atoms. The number of hydrogen-bond acceptors (Lipinski definition) is 3. The molecular formula is C15H19NOS. The van der Waals surface area contributed by atoms with Crippen LogP contribution in [0.4, 0.5) is 0 Å². The molecule has 1 unspecified atom stereocenters.